The van der Waals surface area contributed by atoms with Gasteiger partial charge in [0, 0.05) is 4.47 Å². The van der Waals surface area contributed by atoms with Crippen molar-refractivity contribution in [2.75, 3.05) is 0 Å². The Labute approximate surface area is 152 Å². The van der Waals surface area contributed by atoms with Crippen molar-refractivity contribution in [3.63, 3.8) is 0 Å². The summed E-state index contributed by atoms with van der Waals surface area (Å²) >= 11 is 3.42. The van der Waals surface area contributed by atoms with Crippen LogP contribution in [0.15, 0.2) is 80.6 Å². The van der Waals surface area contributed by atoms with Crippen LogP contribution in [-0.4, -0.2) is 9.55 Å². The van der Waals surface area contributed by atoms with Gasteiger partial charge in [0.05, 0.1) is 22.9 Å². The quantitative estimate of drug-likeness (QED) is 0.497. The summed E-state index contributed by atoms with van der Waals surface area (Å²) in [7, 11) is 0. The molecule has 4 nitrogen and oxygen atoms in total. The first-order valence-corrected chi connectivity index (χ1v) is 8.51. The van der Waals surface area contributed by atoms with Crippen molar-refractivity contribution < 1.29 is 4.42 Å². The van der Waals surface area contributed by atoms with Gasteiger partial charge >= 0.3 is 0 Å². The molecule has 2 aromatic carbocycles. The molecule has 0 spiro atoms. The minimum atomic E-state index is -0.114. The third-order valence-electron chi connectivity index (χ3n) is 3.81. The summed E-state index contributed by atoms with van der Waals surface area (Å²) in [5.74, 6) is 1.24. The second-order valence-electron chi connectivity index (χ2n) is 5.46. The minimum Gasteiger partial charge on any atom is -0.465 e. The zero-order chi connectivity index (χ0) is 17.2. The molecule has 0 bridgehead atoms. The first-order valence-electron chi connectivity index (χ1n) is 7.72. The Morgan fingerprint density at radius 3 is 2.60 bits per heavy atom. The van der Waals surface area contributed by atoms with E-state index in [0.29, 0.717) is 22.5 Å². The van der Waals surface area contributed by atoms with Crippen LogP contribution in [-0.2, 0) is 0 Å². The van der Waals surface area contributed by atoms with Gasteiger partial charge in [-0.3, -0.25) is 9.36 Å². The van der Waals surface area contributed by atoms with Gasteiger partial charge in [-0.1, -0.05) is 34.1 Å². The van der Waals surface area contributed by atoms with E-state index in [9.17, 15) is 4.79 Å². The van der Waals surface area contributed by atoms with Gasteiger partial charge in [0.25, 0.3) is 5.56 Å². The molecule has 0 radical (unpaired) electrons. The first-order chi connectivity index (χ1) is 12.2. The van der Waals surface area contributed by atoms with E-state index < -0.39 is 0 Å². The summed E-state index contributed by atoms with van der Waals surface area (Å²) in [6.07, 6.45) is 5.19. The van der Waals surface area contributed by atoms with Crippen LogP contribution in [0.2, 0.25) is 0 Å². The van der Waals surface area contributed by atoms with Crippen molar-refractivity contribution in [3.8, 4) is 5.69 Å². The van der Waals surface area contributed by atoms with Crippen LogP contribution in [0, 0.1) is 0 Å². The standard InChI is InChI=1S/C20H13BrN2O2/c21-14-8-10-18-17(13-14)20(24)23(15-5-2-1-3-6-15)19(22-18)11-9-16-7-4-12-25-16/h1-13H. The molecule has 0 saturated heterocycles. The molecule has 0 aliphatic rings. The number of hydrogen-bond donors (Lipinski definition) is 0. The Morgan fingerprint density at radius 1 is 1.00 bits per heavy atom. The Bertz CT molecular complexity index is 1110. The third kappa shape index (κ3) is 3.06. The van der Waals surface area contributed by atoms with Crippen molar-refractivity contribution in [2.24, 2.45) is 0 Å². The summed E-state index contributed by atoms with van der Waals surface area (Å²) in [6.45, 7) is 0. The molecule has 0 N–H and O–H groups in total. The monoisotopic (exact) mass is 392 g/mol. The lowest BCUT2D eigenvalue weighted by molar-refractivity contribution is 0.557. The lowest BCUT2D eigenvalue weighted by Crippen LogP contribution is -2.22. The molecule has 2 heterocycles. The molecule has 0 fully saturated rings. The van der Waals surface area contributed by atoms with Crippen molar-refractivity contribution in [1.29, 1.82) is 0 Å². The van der Waals surface area contributed by atoms with Gasteiger partial charge in [-0.2, -0.15) is 0 Å². The predicted molar refractivity (Wildman–Crippen MR) is 103 cm³/mol. The van der Waals surface area contributed by atoms with E-state index in [1.165, 1.54) is 0 Å². The van der Waals surface area contributed by atoms with Gasteiger partial charge in [-0.25, -0.2) is 4.98 Å². The van der Waals surface area contributed by atoms with Crippen LogP contribution in [0.5, 0.6) is 0 Å². The molecule has 2 aromatic heterocycles. The molecular weight excluding hydrogens is 380 g/mol. The Balaban J connectivity index is 1.99. The smallest absolute Gasteiger partial charge is 0.266 e. The highest BCUT2D eigenvalue weighted by Crippen LogP contribution is 2.19. The van der Waals surface area contributed by atoms with Crippen LogP contribution >= 0.6 is 15.9 Å². The maximum Gasteiger partial charge on any atom is 0.266 e. The van der Waals surface area contributed by atoms with E-state index in [-0.39, 0.29) is 5.56 Å². The fourth-order valence-electron chi connectivity index (χ4n) is 2.66. The number of fused-ring (bicyclic) bond motifs is 1. The summed E-state index contributed by atoms with van der Waals surface area (Å²) in [6, 6.07) is 18.6. The van der Waals surface area contributed by atoms with E-state index >= 15 is 0 Å². The van der Waals surface area contributed by atoms with E-state index in [4.69, 9.17) is 4.42 Å². The number of aromatic nitrogens is 2. The molecule has 25 heavy (non-hydrogen) atoms. The highest BCUT2D eigenvalue weighted by Gasteiger charge is 2.11. The SMILES string of the molecule is O=c1c2cc(Br)ccc2nc(C=Cc2ccco2)n1-c1ccccc1. The van der Waals surface area contributed by atoms with Crippen LogP contribution in [0.1, 0.15) is 11.6 Å². The van der Waals surface area contributed by atoms with Crippen molar-refractivity contribution >= 4 is 39.0 Å². The summed E-state index contributed by atoms with van der Waals surface area (Å²) in [4.78, 5) is 17.8. The van der Waals surface area contributed by atoms with Crippen LogP contribution in [0.25, 0.3) is 28.7 Å². The Morgan fingerprint density at radius 2 is 1.84 bits per heavy atom. The fraction of sp³-hybridized carbons (Fsp3) is 0. The number of furan rings is 1. The summed E-state index contributed by atoms with van der Waals surface area (Å²) in [5.41, 5.74) is 1.30. The van der Waals surface area contributed by atoms with E-state index in [1.807, 2.05) is 54.6 Å². The fourth-order valence-corrected chi connectivity index (χ4v) is 3.02. The van der Waals surface area contributed by atoms with E-state index in [1.54, 1.807) is 29.0 Å². The number of hydrogen-bond acceptors (Lipinski definition) is 3. The zero-order valence-corrected chi connectivity index (χ0v) is 14.7. The molecule has 0 amide bonds. The maximum atomic E-state index is 13.1. The van der Waals surface area contributed by atoms with Crippen LogP contribution in [0.4, 0.5) is 0 Å². The van der Waals surface area contributed by atoms with Crippen LogP contribution < -0.4 is 5.56 Å². The van der Waals surface area contributed by atoms with Gasteiger partial charge in [0.2, 0.25) is 0 Å². The van der Waals surface area contributed by atoms with Gasteiger partial charge in [-0.15, -0.1) is 0 Å². The van der Waals surface area contributed by atoms with Crippen molar-refractivity contribution in [3.05, 3.63) is 93.3 Å². The van der Waals surface area contributed by atoms with E-state index in [0.717, 1.165) is 10.2 Å². The largest absolute Gasteiger partial charge is 0.465 e. The lowest BCUT2D eigenvalue weighted by atomic mass is 10.2. The first kappa shape index (κ1) is 15.6. The van der Waals surface area contributed by atoms with Gasteiger partial charge in [0.1, 0.15) is 11.6 Å². The van der Waals surface area contributed by atoms with E-state index in [2.05, 4.69) is 20.9 Å². The highest BCUT2D eigenvalue weighted by molar-refractivity contribution is 9.10. The zero-order valence-electron chi connectivity index (χ0n) is 13.1. The van der Waals surface area contributed by atoms with Crippen LogP contribution in [0.3, 0.4) is 0 Å². The third-order valence-corrected chi connectivity index (χ3v) is 4.30. The molecule has 0 aliphatic carbocycles. The maximum absolute atomic E-state index is 13.1. The number of benzene rings is 2. The lowest BCUT2D eigenvalue weighted by Gasteiger charge is -2.11. The van der Waals surface area contributed by atoms with Crippen molar-refractivity contribution in [2.45, 2.75) is 0 Å². The summed E-state index contributed by atoms with van der Waals surface area (Å²) < 4.78 is 7.78. The van der Waals surface area contributed by atoms with Gasteiger partial charge in [-0.05, 0) is 54.6 Å². The average Bonchev–Trinajstić information content (AvgIpc) is 3.15. The Kier molecular flexibility index (Phi) is 4.07. The average molecular weight is 393 g/mol. The highest BCUT2D eigenvalue weighted by atomic mass is 79.9. The van der Waals surface area contributed by atoms with Gasteiger partial charge < -0.3 is 4.42 Å². The topological polar surface area (TPSA) is 48.0 Å². The molecule has 0 atom stereocenters. The number of halogens is 1. The summed E-state index contributed by atoms with van der Waals surface area (Å²) in [5, 5.41) is 0.563. The predicted octanol–water partition coefficient (Wildman–Crippen LogP) is 4.91. The number of rotatable bonds is 3. The molecule has 0 saturated carbocycles. The molecular formula is C20H13BrN2O2. The molecule has 0 unspecified atom stereocenters. The van der Waals surface area contributed by atoms with Crippen molar-refractivity contribution in [1.82, 2.24) is 9.55 Å². The second kappa shape index (κ2) is 6.53. The molecule has 4 aromatic rings. The molecule has 4 rings (SSSR count). The number of nitrogens with zero attached hydrogens (tertiary/aromatic N) is 2. The minimum absolute atomic E-state index is 0.114. The molecule has 5 heteroatoms. The normalized spacial score (nSPS) is 11.4. The number of para-hydroxylation sites is 1. The molecule has 122 valence electrons. The Hall–Kier alpha value is -2.92. The second-order valence-corrected chi connectivity index (χ2v) is 6.37. The van der Waals surface area contributed by atoms with Gasteiger partial charge in [0.15, 0.2) is 0 Å². The molecule has 0 aliphatic heterocycles.